The molecule has 33 heavy (non-hydrogen) atoms. The van der Waals surface area contributed by atoms with E-state index in [1.807, 2.05) is 42.5 Å². The van der Waals surface area contributed by atoms with Crippen molar-refractivity contribution in [3.05, 3.63) is 65.2 Å². The summed E-state index contributed by atoms with van der Waals surface area (Å²) in [5.74, 6) is 0.310. The summed E-state index contributed by atoms with van der Waals surface area (Å²) in [7, 11) is 2.16. The first-order chi connectivity index (χ1) is 16.0. The first-order valence-electron chi connectivity index (χ1n) is 10.8. The molecule has 4 N–H and O–H groups in total. The quantitative estimate of drug-likeness (QED) is 0.309. The molecule has 0 spiro atoms. The van der Waals surface area contributed by atoms with Crippen molar-refractivity contribution in [3.63, 3.8) is 0 Å². The largest absolute Gasteiger partial charge is 0.399 e. The zero-order valence-corrected chi connectivity index (χ0v) is 19.1. The Balaban J connectivity index is 1.30. The number of nitrogen functional groups attached to an aromatic ring is 1. The SMILES string of the molecule is CN1CCN(c2ccc(Nc3ncc4c(n3)S/C(=C/c3ccc(N)cc3)C(=O)N4)cc2)CC1. The highest BCUT2D eigenvalue weighted by Gasteiger charge is 2.23. The summed E-state index contributed by atoms with van der Waals surface area (Å²) >= 11 is 1.33. The molecule has 1 fully saturated rings. The first kappa shape index (κ1) is 21.3. The number of anilines is 5. The van der Waals surface area contributed by atoms with E-state index >= 15 is 0 Å². The number of likely N-dealkylation sites (N-methyl/N-ethyl adjacent to an activating group) is 1. The van der Waals surface area contributed by atoms with Gasteiger partial charge in [-0.3, -0.25) is 4.79 Å². The average Bonchev–Trinajstić information content (AvgIpc) is 2.82. The lowest BCUT2D eigenvalue weighted by atomic mass is 10.2. The Labute approximate surface area is 196 Å². The van der Waals surface area contributed by atoms with Crippen molar-refractivity contribution in [2.24, 2.45) is 0 Å². The molecule has 0 bridgehead atoms. The molecule has 1 amide bonds. The van der Waals surface area contributed by atoms with Gasteiger partial charge in [-0.15, -0.1) is 0 Å². The van der Waals surface area contributed by atoms with Crippen LogP contribution in [-0.2, 0) is 4.79 Å². The van der Waals surface area contributed by atoms with Gasteiger partial charge in [0.05, 0.1) is 16.8 Å². The lowest BCUT2D eigenvalue weighted by Gasteiger charge is -2.34. The predicted octanol–water partition coefficient (Wildman–Crippen LogP) is 3.64. The number of piperazine rings is 1. The maximum Gasteiger partial charge on any atom is 0.262 e. The van der Waals surface area contributed by atoms with Crippen LogP contribution in [0.25, 0.3) is 6.08 Å². The molecule has 0 unspecified atom stereocenters. The molecule has 5 rings (SSSR count). The molecule has 168 valence electrons. The second-order valence-corrected chi connectivity index (χ2v) is 9.14. The number of hydrogen-bond acceptors (Lipinski definition) is 8. The molecular weight excluding hydrogens is 434 g/mol. The lowest BCUT2D eigenvalue weighted by Crippen LogP contribution is -2.44. The van der Waals surface area contributed by atoms with E-state index in [1.54, 1.807) is 6.20 Å². The molecule has 1 saturated heterocycles. The number of nitrogens with two attached hydrogens (primary N) is 1. The molecule has 2 aliphatic heterocycles. The van der Waals surface area contributed by atoms with Crippen LogP contribution in [0.5, 0.6) is 0 Å². The molecule has 9 heteroatoms. The summed E-state index contributed by atoms with van der Waals surface area (Å²) in [6.07, 6.45) is 3.46. The van der Waals surface area contributed by atoms with Crippen LogP contribution in [0, 0.1) is 0 Å². The van der Waals surface area contributed by atoms with Crippen LogP contribution in [0.1, 0.15) is 5.56 Å². The Morgan fingerprint density at radius 2 is 1.79 bits per heavy atom. The van der Waals surface area contributed by atoms with Crippen molar-refractivity contribution in [2.75, 3.05) is 54.5 Å². The Bertz CT molecular complexity index is 1190. The van der Waals surface area contributed by atoms with E-state index in [4.69, 9.17) is 5.73 Å². The summed E-state index contributed by atoms with van der Waals surface area (Å²) in [6, 6.07) is 15.7. The molecule has 0 radical (unpaired) electrons. The summed E-state index contributed by atoms with van der Waals surface area (Å²) in [6.45, 7) is 4.22. The van der Waals surface area contributed by atoms with Crippen LogP contribution in [0.15, 0.2) is 64.7 Å². The smallest absolute Gasteiger partial charge is 0.262 e. The normalized spacial score (nSPS) is 17.5. The highest BCUT2D eigenvalue weighted by molar-refractivity contribution is 8.04. The molecule has 3 heterocycles. The van der Waals surface area contributed by atoms with Gasteiger partial charge in [0.15, 0.2) is 0 Å². The Hall–Kier alpha value is -3.56. The highest BCUT2D eigenvalue weighted by atomic mass is 32.2. The van der Waals surface area contributed by atoms with E-state index in [0.29, 0.717) is 27.3 Å². The molecule has 2 aromatic carbocycles. The minimum absolute atomic E-state index is 0.173. The Kier molecular flexibility index (Phi) is 5.89. The fourth-order valence-electron chi connectivity index (χ4n) is 3.71. The zero-order valence-electron chi connectivity index (χ0n) is 18.3. The maximum absolute atomic E-state index is 12.5. The van der Waals surface area contributed by atoms with E-state index < -0.39 is 0 Å². The van der Waals surface area contributed by atoms with Gasteiger partial charge in [-0.25, -0.2) is 9.97 Å². The summed E-state index contributed by atoms with van der Waals surface area (Å²) in [5, 5.41) is 6.83. The van der Waals surface area contributed by atoms with Gasteiger partial charge in [-0.2, -0.15) is 0 Å². The number of rotatable bonds is 4. The summed E-state index contributed by atoms with van der Waals surface area (Å²) in [4.78, 5) is 26.8. The Morgan fingerprint density at radius 1 is 1.06 bits per heavy atom. The molecule has 0 aliphatic carbocycles. The molecule has 2 aliphatic rings. The van der Waals surface area contributed by atoms with Gasteiger partial charge in [0.25, 0.3) is 5.91 Å². The Morgan fingerprint density at radius 3 is 2.52 bits per heavy atom. The molecule has 0 atom stereocenters. The topological polar surface area (TPSA) is 99.4 Å². The minimum Gasteiger partial charge on any atom is -0.399 e. The lowest BCUT2D eigenvalue weighted by molar-refractivity contribution is -0.112. The van der Waals surface area contributed by atoms with Crippen molar-refractivity contribution in [1.29, 1.82) is 0 Å². The number of aromatic nitrogens is 2. The number of nitrogens with one attached hydrogen (secondary N) is 2. The third-order valence-electron chi connectivity index (χ3n) is 5.66. The second kappa shape index (κ2) is 9.13. The van der Waals surface area contributed by atoms with Gasteiger partial charge in [0.1, 0.15) is 5.03 Å². The fraction of sp³-hybridized carbons (Fsp3) is 0.208. The van der Waals surface area contributed by atoms with Gasteiger partial charge >= 0.3 is 0 Å². The average molecular weight is 460 g/mol. The third kappa shape index (κ3) is 4.94. The monoisotopic (exact) mass is 459 g/mol. The van der Waals surface area contributed by atoms with E-state index in [0.717, 1.165) is 37.4 Å². The van der Waals surface area contributed by atoms with Crippen LogP contribution in [0.3, 0.4) is 0 Å². The van der Waals surface area contributed by atoms with Crippen LogP contribution >= 0.6 is 11.8 Å². The number of benzene rings is 2. The van der Waals surface area contributed by atoms with Gasteiger partial charge in [-0.05, 0) is 55.1 Å². The minimum atomic E-state index is -0.173. The number of carbonyl (C=O) groups is 1. The number of thioether (sulfide) groups is 1. The zero-order chi connectivity index (χ0) is 22.8. The van der Waals surface area contributed by atoms with Gasteiger partial charge in [0, 0.05) is 43.2 Å². The van der Waals surface area contributed by atoms with Crippen molar-refractivity contribution >= 4 is 52.4 Å². The third-order valence-corrected chi connectivity index (χ3v) is 6.69. The molecule has 3 aromatic rings. The van der Waals surface area contributed by atoms with Gasteiger partial charge in [0.2, 0.25) is 5.95 Å². The van der Waals surface area contributed by atoms with Crippen LogP contribution < -0.4 is 21.3 Å². The number of hydrogen-bond donors (Lipinski definition) is 3. The van der Waals surface area contributed by atoms with Crippen LogP contribution in [0.4, 0.5) is 28.7 Å². The first-order valence-corrected chi connectivity index (χ1v) is 11.6. The molecular formula is C24H25N7OS. The van der Waals surface area contributed by atoms with Gasteiger partial charge in [-0.1, -0.05) is 23.9 Å². The summed E-state index contributed by atoms with van der Waals surface area (Å²) < 4.78 is 0. The van der Waals surface area contributed by atoms with E-state index in [-0.39, 0.29) is 5.91 Å². The van der Waals surface area contributed by atoms with Crippen molar-refractivity contribution in [2.45, 2.75) is 5.03 Å². The predicted molar refractivity (Wildman–Crippen MR) is 135 cm³/mol. The molecule has 1 aromatic heterocycles. The van der Waals surface area contributed by atoms with E-state index in [1.165, 1.54) is 17.4 Å². The van der Waals surface area contributed by atoms with Crippen LogP contribution in [0.2, 0.25) is 0 Å². The van der Waals surface area contributed by atoms with Crippen molar-refractivity contribution in [1.82, 2.24) is 14.9 Å². The number of carbonyl (C=O) groups excluding carboxylic acids is 1. The van der Waals surface area contributed by atoms with Crippen molar-refractivity contribution < 1.29 is 4.79 Å². The van der Waals surface area contributed by atoms with E-state index in [2.05, 4.69) is 49.6 Å². The number of amides is 1. The standard InChI is InChI=1S/C24H25N7OS/c1-30-10-12-31(13-11-30)19-8-6-18(7-9-19)27-24-26-15-20-23(29-24)33-21(22(32)28-20)14-16-2-4-17(25)5-3-16/h2-9,14-15H,10-13,25H2,1H3,(H,28,32)(H,26,27,29)/b21-14+. The number of fused-ring (bicyclic) bond motifs is 1. The highest BCUT2D eigenvalue weighted by Crippen LogP contribution is 2.38. The molecule has 8 nitrogen and oxygen atoms in total. The van der Waals surface area contributed by atoms with Crippen molar-refractivity contribution in [3.8, 4) is 0 Å². The second-order valence-electron chi connectivity index (χ2n) is 8.11. The fourth-order valence-corrected chi connectivity index (χ4v) is 4.61. The van der Waals surface area contributed by atoms with Crippen LogP contribution in [-0.4, -0.2) is 54.0 Å². The maximum atomic E-state index is 12.5. The van der Waals surface area contributed by atoms with Gasteiger partial charge < -0.3 is 26.2 Å². The molecule has 0 saturated carbocycles. The summed E-state index contributed by atoms with van der Waals surface area (Å²) in [5.41, 5.74) is 10.1. The number of nitrogens with zero attached hydrogens (tertiary/aromatic N) is 4. The van der Waals surface area contributed by atoms with E-state index in [9.17, 15) is 4.79 Å².